The first-order valence-electron chi connectivity index (χ1n) is 6.22. The molecule has 0 fully saturated rings. The van der Waals surface area contributed by atoms with Gasteiger partial charge in [0.25, 0.3) is 0 Å². The van der Waals surface area contributed by atoms with Crippen LogP contribution in [0.4, 0.5) is 5.82 Å². The zero-order chi connectivity index (χ0) is 13.8. The number of hydrogen-bond donors (Lipinski definition) is 2. The molecule has 19 heavy (non-hydrogen) atoms. The van der Waals surface area contributed by atoms with Crippen LogP contribution in [0.15, 0.2) is 18.5 Å². The minimum atomic E-state index is 0.492. The Morgan fingerprint density at radius 1 is 1.16 bits per heavy atom. The van der Waals surface area contributed by atoms with Crippen molar-refractivity contribution >= 4 is 5.82 Å². The van der Waals surface area contributed by atoms with E-state index in [0.717, 1.165) is 17.7 Å². The molecule has 3 N–H and O–H groups in total. The summed E-state index contributed by atoms with van der Waals surface area (Å²) in [6.07, 6.45) is 4.35. The molecule has 0 aliphatic rings. The van der Waals surface area contributed by atoms with E-state index < -0.39 is 0 Å². The summed E-state index contributed by atoms with van der Waals surface area (Å²) in [7, 11) is 0. The number of anilines is 1. The number of hydrogen-bond acceptors (Lipinski definition) is 6. The molecular formula is C13H18N6. The van der Waals surface area contributed by atoms with Crippen molar-refractivity contribution in [3.63, 3.8) is 0 Å². The van der Waals surface area contributed by atoms with Gasteiger partial charge in [0.15, 0.2) is 11.6 Å². The Hall–Kier alpha value is -2.08. The van der Waals surface area contributed by atoms with Crippen LogP contribution in [0, 0.1) is 12.8 Å². The van der Waals surface area contributed by atoms with E-state index in [-0.39, 0.29) is 0 Å². The second-order valence-corrected chi connectivity index (χ2v) is 4.89. The van der Waals surface area contributed by atoms with Gasteiger partial charge in [0.05, 0.1) is 0 Å². The lowest BCUT2D eigenvalue weighted by Gasteiger charge is -2.08. The molecule has 0 aromatic carbocycles. The Kier molecular flexibility index (Phi) is 4.01. The number of rotatable bonds is 4. The van der Waals surface area contributed by atoms with Gasteiger partial charge in [0.2, 0.25) is 0 Å². The van der Waals surface area contributed by atoms with Gasteiger partial charge in [-0.15, -0.1) is 0 Å². The fourth-order valence-corrected chi connectivity index (χ4v) is 1.70. The Morgan fingerprint density at radius 3 is 2.42 bits per heavy atom. The first kappa shape index (κ1) is 13.4. The van der Waals surface area contributed by atoms with Crippen molar-refractivity contribution < 1.29 is 0 Å². The van der Waals surface area contributed by atoms with E-state index in [2.05, 4.69) is 39.2 Å². The zero-order valence-corrected chi connectivity index (χ0v) is 11.4. The predicted molar refractivity (Wildman–Crippen MR) is 74.1 cm³/mol. The van der Waals surface area contributed by atoms with E-state index in [1.807, 2.05) is 13.0 Å². The summed E-state index contributed by atoms with van der Waals surface area (Å²) in [6.45, 7) is 6.21. The highest BCUT2D eigenvalue weighted by Crippen LogP contribution is 2.16. The highest BCUT2D eigenvalue weighted by atomic mass is 15.3. The molecule has 0 saturated heterocycles. The maximum atomic E-state index is 5.44. The van der Waals surface area contributed by atoms with Crippen LogP contribution in [0.5, 0.6) is 0 Å². The third kappa shape index (κ3) is 3.45. The standard InChI is InChI=1S/C13H18N6/c1-8(2)4-10-5-11(19-14)18-13(17-10)12-15-6-9(3)7-16-12/h5-8H,4,14H2,1-3H3,(H,17,18,19). The van der Waals surface area contributed by atoms with E-state index >= 15 is 0 Å². The molecule has 0 radical (unpaired) electrons. The minimum Gasteiger partial charge on any atom is -0.308 e. The van der Waals surface area contributed by atoms with Crippen molar-refractivity contribution in [3.8, 4) is 11.6 Å². The lowest BCUT2D eigenvalue weighted by atomic mass is 10.1. The first-order valence-corrected chi connectivity index (χ1v) is 6.22. The molecule has 100 valence electrons. The summed E-state index contributed by atoms with van der Waals surface area (Å²) in [6, 6.07) is 1.84. The molecule has 0 amide bonds. The van der Waals surface area contributed by atoms with Crippen molar-refractivity contribution in [1.82, 2.24) is 19.9 Å². The number of aromatic nitrogens is 4. The lowest BCUT2D eigenvalue weighted by molar-refractivity contribution is 0.634. The van der Waals surface area contributed by atoms with Crippen molar-refractivity contribution in [2.75, 3.05) is 5.43 Å². The van der Waals surface area contributed by atoms with Gasteiger partial charge < -0.3 is 5.43 Å². The van der Waals surface area contributed by atoms with Gasteiger partial charge in [-0.1, -0.05) is 13.8 Å². The molecule has 0 saturated carbocycles. The minimum absolute atomic E-state index is 0.492. The van der Waals surface area contributed by atoms with Crippen molar-refractivity contribution in [1.29, 1.82) is 0 Å². The number of nitrogens with zero attached hydrogens (tertiary/aromatic N) is 4. The fraction of sp³-hybridized carbons (Fsp3) is 0.385. The van der Waals surface area contributed by atoms with Crippen molar-refractivity contribution in [2.45, 2.75) is 27.2 Å². The number of nitrogens with two attached hydrogens (primary N) is 1. The second-order valence-electron chi connectivity index (χ2n) is 4.89. The summed E-state index contributed by atoms with van der Waals surface area (Å²) in [5, 5.41) is 0. The summed E-state index contributed by atoms with van der Waals surface area (Å²) in [4.78, 5) is 17.3. The van der Waals surface area contributed by atoms with E-state index in [4.69, 9.17) is 5.84 Å². The SMILES string of the molecule is Cc1cnc(-c2nc(CC(C)C)cc(NN)n2)nc1. The molecule has 0 spiro atoms. The van der Waals surface area contributed by atoms with E-state index in [1.165, 1.54) is 0 Å². The Labute approximate surface area is 112 Å². The monoisotopic (exact) mass is 258 g/mol. The first-order chi connectivity index (χ1) is 9.08. The molecular weight excluding hydrogens is 240 g/mol. The smallest absolute Gasteiger partial charge is 0.199 e. The maximum absolute atomic E-state index is 5.44. The van der Waals surface area contributed by atoms with Crippen LogP contribution in [-0.4, -0.2) is 19.9 Å². The Balaban J connectivity index is 2.41. The third-order valence-corrected chi connectivity index (χ3v) is 2.53. The number of nitrogens with one attached hydrogen (secondary N) is 1. The summed E-state index contributed by atoms with van der Waals surface area (Å²) in [5.41, 5.74) is 4.48. The van der Waals surface area contributed by atoms with Crippen LogP contribution in [0.3, 0.4) is 0 Å². The van der Waals surface area contributed by atoms with E-state index in [0.29, 0.717) is 23.4 Å². The molecule has 0 atom stereocenters. The van der Waals surface area contributed by atoms with Crippen LogP contribution >= 0.6 is 0 Å². The zero-order valence-electron chi connectivity index (χ0n) is 11.4. The van der Waals surface area contributed by atoms with Gasteiger partial charge >= 0.3 is 0 Å². The Bertz CT molecular complexity index is 550. The van der Waals surface area contributed by atoms with Gasteiger partial charge in [0.1, 0.15) is 5.82 Å². The molecule has 2 aromatic rings. The summed E-state index contributed by atoms with van der Waals surface area (Å²) in [5.74, 6) is 7.52. The molecule has 6 heteroatoms. The average Bonchev–Trinajstić information content (AvgIpc) is 2.38. The largest absolute Gasteiger partial charge is 0.308 e. The molecule has 0 aliphatic carbocycles. The van der Waals surface area contributed by atoms with E-state index in [9.17, 15) is 0 Å². The Morgan fingerprint density at radius 2 is 1.84 bits per heavy atom. The van der Waals surface area contributed by atoms with Gasteiger partial charge in [-0.3, -0.25) is 0 Å². The maximum Gasteiger partial charge on any atom is 0.199 e. The second kappa shape index (κ2) is 5.71. The number of aryl methyl sites for hydroxylation is 1. The summed E-state index contributed by atoms with van der Waals surface area (Å²) < 4.78 is 0. The highest BCUT2D eigenvalue weighted by Gasteiger charge is 2.10. The fourth-order valence-electron chi connectivity index (χ4n) is 1.70. The van der Waals surface area contributed by atoms with Crippen LogP contribution in [0.2, 0.25) is 0 Å². The van der Waals surface area contributed by atoms with Crippen LogP contribution in [0.1, 0.15) is 25.1 Å². The topological polar surface area (TPSA) is 89.6 Å². The van der Waals surface area contributed by atoms with Gasteiger partial charge in [-0.05, 0) is 24.8 Å². The molecule has 2 rings (SSSR count). The quantitative estimate of drug-likeness (QED) is 0.641. The molecule has 0 unspecified atom stereocenters. The van der Waals surface area contributed by atoms with Crippen molar-refractivity contribution in [2.24, 2.45) is 11.8 Å². The molecule has 6 nitrogen and oxygen atoms in total. The molecule has 0 bridgehead atoms. The molecule has 2 aromatic heterocycles. The summed E-state index contributed by atoms with van der Waals surface area (Å²) >= 11 is 0. The number of hydrazine groups is 1. The van der Waals surface area contributed by atoms with Gasteiger partial charge in [-0.2, -0.15) is 0 Å². The highest BCUT2D eigenvalue weighted by molar-refractivity contribution is 5.48. The third-order valence-electron chi connectivity index (χ3n) is 2.53. The molecule has 0 aliphatic heterocycles. The van der Waals surface area contributed by atoms with Crippen molar-refractivity contribution in [3.05, 3.63) is 29.7 Å². The predicted octanol–water partition coefficient (Wildman–Crippen LogP) is 1.73. The molecule has 2 heterocycles. The van der Waals surface area contributed by atoms with Crippen LogP contribution in [0.25, 0.3) is 11.6 Å². The number of nitrogen functional groups attached to an aromatic ring is 1. The average molecular weight is 258 g/mol. The normalized spacial score (nSPS) is 10.8. The van der Waals surface area contributed by atoms with Gasteiger partial charge in [0, 0.05) is 24.2 Å². The van der Waals surface area contributed by atoms with Gasteiger partial charge in [-0.25, -0.2) is 25.8 Å². The lowest BCUT2D eigenvalue weighted by Crippen LogP contribution is -2.11. The van der Waals surface area contributed by atoms with E-state index in [1.54, 1.807) is 12.4 Å². The van der Waals surface area contributed by atoms with Crippen LogP contribution < -0.4 is 11.3 Å². The van der Waals surface area contributed by atoms with Crippen LogP contribution in [-0.2, 0) is 6.42 Å².